The van der Waals surface area contributed by atoms with Gasteiger partial charge in [-0.25, -0.2) is 15.3 Å². The van der Waals surface area contributed by atoms with E-state index in [1.807, 2.05) is 35.0 Å². The minimum atomic E-state index is -0.347. The van der Waals surface area contributed by atoms with Gasteiger partial charge >= 0.3 is 0 Å². The molecule has 2 aromatic carbocycles. The first-order valence-electron chi connectivity index (χ1n) is 9.72. The van der Waals surface area contributed by atoms with Gasteiger partial charge in [0.25, 0.3) is 5.91 Å². The number of benzene rings is 2. The number of hydrogen-bond acceptors (Lipinski definition) is 4. The van der Waals surface area contributed by atoms with Gasteiger partial charge in [0.05, 0.1) is 6.33 Å². The number of hydrogen-bond donors (Lipinski definition) is 1. The molecule has 3 aromatic rings. The maximum Gasteiger partial charge on any atom is 0.267 e. The van der Waals surface area contributed by atoms with Gasteiger partial charge in [-0.2, -0.15) is 0 Å². The molecule has 1 aromatic heterocycles. The molecule has 4 rings (SSSR count). The van der Waals surface area contributed by atoms with E-state index in [1.54, 1.807) is 18.6 Å². The van der Waals surface area contributed by atoms with E-state index in [0.717, 1.165) is 41.6 Å². The van der Waals surface area contributed by atoms with E-state index in [9.17, 15) is 4.79 Å². The first kappa shape index (κ1) is 19.1. The van der Waals surface area contributed by atoms with E-state index >= 15 is 0 Å². The lowest BCUT2D eigenvalue weighted by Gasteiger charge is -2.21. The van der Waals surface area contributed by atoms with E-state index < -0.39 is 0 Å². The molecule has 1 fully saturated rings. The molecule has 1 unspecified atom stereocenters. The summed E-state index contributed by atoms with van der Waals surface area (Å²) >= 11 is 0. The van der Waals surface area contributed by atoms with Crippen molar-refractivity contribution in [2.75, 3.05) is 6.61 Å². The van der Waals surface area contributed by atoms with Crippen LogP contribution in [0, 0.1) is 0 Å². The second kappa shape index (κ2) is 9.32. The number of imidazole rings is 1. The van der Waals surface area contributed by atoms with Crippen molar-refractivity contribution < 1.29 is 14.4 Å². The summed E-state index contributed by atoms with van der Waals surface area (Å²) in [7, 11) is 0. The monoisotopic (exact) mass is 389 g/mol. The normalized spacial score (nSPS) is 16.8. The standard InChI is InChI=1S/C23H23N3O3/c27-22(25-29-23-3-1-2-16-28-23)13-6-18-4-7-19(8-5-18)20-9-11-21(12-10-20)26-15-14-24-17-26/h4-15,17,23H,1-3,16H2,(H,25,27)/b13-6+. The van der Waals surface area contributed by atoms with Crippen LogP contribution in [0.4, 0.5) is 0 Å². The topological polar surface area (TPSA) is 65.4 Å². The number of carbonyl (C=O) groups is 1. The van der Waals surface area contributed by atoms with Gasteiger partial charge < -0.3 is 9.30 Å². The van der Waals surface area contributed by atoms with Crippen LogP contribution in [-0.2, 0) is 14.4 Å². The molecule has 2 heterocycles. The smallest absolute Gasteiger partial charge is 0.267 e. The zero-order valence-electron chi connectivity index (χ0n) is 16.0. The molecular formula is C23H23N3O3. The van der Waals surface area contributed by atoms with Gasteiger partial charge in [0.1, 0.15) is 0 Å². The molecule has 6 heteroatoms. The number of ether oxygens (including phenoxy) is 1. The fourth-order valence-electron chi connectivity index (χ4n) is 3.16. The van der Waals surface area contributed by atoms with Crippen LogP contribution in [0.2, 0.25) is 0 Å². The summed E-state index contributed by atoms with van der Waals surface area (Å²) in [6.07, 6.45) is 11.2. The Morgan fingerprint density at radius 2 is 1.86 bits per heavy atom. The third-order valence-corrected chi connectivity index (χ3v) is 4.77. The van der Waals surface area contributed by atoms with Crippen LogP contribution in [0.25, 0.3) is 22.9 Å². The average Bonchev–Trinajstić information content (AvgIpc) is 3.32. The van der Waals surface area contributed by atoms with Crippen LogP contribution < -0.4 is 5.48 Å². The van der Waals surface area contributed by atoms with Gasteiger partial charge in [-0.15, -0.1) is 0 Å². The Kier molecular flexibility index (Phi) is 6.14. The van der Waals surface area contributed by atoms with Crippen LogP contribution in [0.15, 0.2) is 73.3 Å². The predicted molar refractivity (Wildman–Crippen MR) is 111 cm³/mol. The van der Waals surface area contributed by atoms with Gasteiger partial charge in [0.15, 0.2) is 6.29 Å². The number of aromatic nitrogens is 2. The zero-order chi connectivity index (χ0) is 19.9. The Balaban J connectivity index is 1.32. The van der Waals surface area contributed by atoms with E-state index in [4.69, 9.17) is 9.57 Å². The molecule has 1 atom stereocenters. The molecule has 6 nitrogen and oxygen atoms in total. The van der Waals surface area contributed by atoms with Gasteiger partial charge in [-0.1, -0.05) is 36.4 Å². The Morgan fingerprint density at radius 1 is 1.10 bits per heavy atom. The second-order valence-electron chi connectivity index (χ2n) is 6.85. The molecule has 0 bridgehead atoms. The van der Waals surface area contributed by atoms with Crippen molar-refractivity contribution in [3.63, 3.8) is 0 Å². The fraction of sp³-hybridized carbons (Fsp3) is 0.217. The zero-order valence-corrected chi connectivity index (χ0v) is 16.0. The highest BCUT2D eigenvalue weighted by Crippen LogP contribution is 2.22. The first-order valence-corrected chi connectivity index (χ1v) is 9.72. The number of nitrogens with one attached hydrogen (secondary N) is 1. The lowest BCUT2D eigenvalue weighted by molar-refractivity contribution is -0.198. The highest BCUT2D eigenvalue weighted by molar-refractivity contribution is 5.91. The number of hydroxylamine groups is 1. The minimum absolute atomic E-state index is 0.307. The summed E-state index contributed by atoms with van der Waals surface area (Å²) in [5.41, 5.74) is 6.66. The molecule has 148 valence electrons. The number of carbonyl (C=O) groups excluding carboxylic acids is 1. The second-order valence-corrected chi connectivity index (χ2v) is 6.85. The van der Waals surface area contributed by atoms with E-state index in [-0.39, 0.29) is 12.2 Å². The summed E-state index contributed by atoms with van der Waals surface area (Å²) in [6.45, 7) is 0.676. The average molecular weight is 389 g/mol. The lowest BCUT2D eigenvalue weighted by atomic mass is 10.0. The lowest BCUT2D eigenvalue weighted by Crippen LogP contribution is -2.32. The highest BCUT2D eigenvalue weighted by Gasteiger charge is 2.14. The van der Waals surface area contributed by atoms with Gasteiger partial charge in [0.2, 0.25) is 0 Å². The molecule has 1 aliphatic heterocycles. The summed E-state index contributed by atoms with van der Waals surface area (Å²) in [5, 5.41) is 0. The molecular weight excluding hydrogens is 366 g/mol. The molecule has 0 saturated carbocycles. The van der Waals surface area contributed by atoms with Crippen molar-refractivity contribution in [1.29, 1.82) is 0 Å². The van der Waals surface area contributed by atoms with Crippen LogP contribution in [0.1, 0.15) is 24.8 Å². The summed E-state index contributed by atoms with van der Waals surface area (Å²) in [4.78, 5) is 21.2. The van der Waals surface area contributed by atoms with E-state index in [0.29, 0.717) is 6.61 Å². The largest absolute Gasteiger partial charge is 0.350 e. The number of nitrogens with zero attached hydrogens (tertiary/aromatic N) is 2. The molecule has 1 amide bonds. The Labute approximate surface area is 169 Å². The number of amides is 1. The SMILES string of the molecule is O=C(/C=C/c1ccc(-c2ccc(-n3ccnc3)cc2)cc1)NOC1CCCCO1. The molecule has 1 aliphatic rings. The molecule has 0 aliphatic carbocycles. The third-order valence-electron chi connectivity index (χ3n) is 4.77. The van der Waals surface area contributed by atoms with Crippen LogP contribution in [0.5, 0.6) is 0 Å². The van der Waals surface area contributed by atoms with Gasteiger partial charge in [0, 0.05) is 37.2 Å². The van der Waals surface area contributed by atoms with Crippen molar-refractivity contribution in [2.45, 2.75) is 25.6 Å². The summed E-state index contributed by atoms with van der Waals surface area (Å²) < 4.78 is 7.37. The maximum absolute atomic E-state index is 11.9. The quantitative estimate of drug-likeness (QED) is 0.509. The van der Waals surface area contributed by atoms with Crippen molar-refractivity contribution in [3.8, 4) is 16.8 Å². The maximum atomic E-state index is 11.9. The van der Waals surface area contributed by atoms with Crippen LogP contribution >= 0.6 is 0 Å². The van der Waals surface area contributed by atoms with Crippen molar-refractivity contribution in [1.82, 2.24) is 15.0 Å². The Bertz CT molecular complexity index is 942. The van der Waals surface area contributed by atoms with Crippen LogP contribution in [0.3, 0.4) is 0 Å². The van der Waals surface area contributed by atoms with Crippen molar-refractivity contribution >= 4 is 12.0 Å². The first-order chi connectivity index (χ1) is 14.3. The van der Waals surface area contributed by atoms with E-state index in [2.05, 4.69) is 34.7 Å². The molecule has 1 saturated heterocycles. The number of rotatable bonds is 6. The Morgan fingerprint density at radius 3 is 2.52 bits per heavy atom. The fourth-order valence-corrected chi connectivity index (χ4v) is 3.16. The highest BCUT2D eigenvalue weighted by atomic mass is 16.8. The Hall–Kier alpha value is -3.22. The van der Waals surface area contributed by atoms with Crippen molar-refractivity contribution in [3.05, 3.63) is 78.9 Å². The molecule has 0 spiro atoms. The third kappa shape index (κ3) is 5.19. The molecule has 0 radical (unpaired) electrons. The van der Waals surface area contributed by atoms with Gasteiger partial charge in [-0.05, 0) is 47.7 Å². The minimum Gasteiger partial charge on any atom is -0.350 e. The van der Waals surface area contributed by atoms with Crippen molar-refractivity contribution in [2.24, 2.45) is 0 Å². The summed E-state index contributed by atoms with van der Waals surface area (Å²) in [5.74, 6) is -0.307. The van der Waals surface area contributed by atoms with E-state index in [1.165, 1.54) is 6.08 Å². The van der Waals surface area contributed by atoms with Crippen LogP contribution in [-0.4, -0.2) is 28.4 Å². The summed E-state index contributed by atoms with van der Waals surface area (Å²) in [6, 6.07) is 16.3. The predicted octanol–water partition coefficient (Wildman–Crippen LogP) is 4.13. The molecule has 1 N–H and O–H groups in total. The van der Waals surface area contributed by atoms with Gasteiger partial charge in [-0.3, -0.25) is 4.79 Å². The molecule has 29 heavy (non-hydrogen) atoms.